The molecule has 0 aliphatic carbocycles. The van der Waals surface area contributed by atoms with Crippen molar-refractivity contribution in [1.29, 1.82) is 0 Å². The summed E-state index contributed by atoms with van der Waals surface area (Å²) in [5.74, 6) is -0.860. The summed E-state index contributed by atoms with van der Waals surface area (Å²) < 4.78 is 0. The molecule has 0 aliphatic rings. The molecule has 0 radical (unpaired) electrons. The molecule has 4 nitrogen and oxygen atoms in total. The number of hydrogen-bond donors (Lipinski definition) is 1. The van der Waals surface area contributed by atoms with Crippen LogP contribution in [-0.2, 0) is 6.42 Å². The number of carboxylic acid groups (broad SMARTS) is 1. The topological polar surface area (TPSA) is 53.4 Å². The van der Waals surface area contributed by atoms with Crippen molar-refractivity contribution < 1.29 is 9.90 Å². The molecule has 0 unspecified atom stereocenters. The van der Waals surface area contributed by atoms with Crippen molar-refractivity contribution in [2.75, 3.05) is 18.5 Å². The van der Waals surface area contributed by atoms with Crippen LogP contribution >= 0.6 is 11.3 Å². The maximum Gasteiger partial charge on any atom is 0.347 e. The fraction of sp³-hybridized carbons (Fsp3) is 0.667. The molecule has 5 heteroatoms. The number of aromatic carboxylic acids is 1. The number of aryl methyl sites for hydroxylation is 1. The third-order valence-electron chi connectivity index (χ3n) is 2.54. The van der Waals surface area contributed by atoms with Crippen molar-refractivity contribution in [3.8, 4) is 0 Å². The molecule has 0 aromatic carbocycles. The number of carboxylic acids is 1. The molecule has 0 saturated heterocycles. The first kappa shape index (κ1) is 14.0. The highest BCUT2D eigenvalue weighted by atomic mass is 32.1. The van der Waals surface area contributed by atoms with Crippen molar-refractivity contribution in [2.45, 2.75) is 39.5 Å². The Bertz CT molecular complexity index is 377. The number of anilines is 1. The van der Waals surface area contributed by atoms with Gasteiger partial charge in [0.25, 0.3) is 0 Å². The van der Waals surface area contributed by atoms with E-state index < -0.39 is 5.97 Å². The fourth-order valence-corrected chi connectivity index (χ4v) is 2.51. The first-order valence-corrected chi connectivity index (χ1v) is 6.85. The highest BCUT2D eigenvalue weighted by Crippen LogP contribution is 2.26. The molecule has 1 aromatic rings. The van der Waals surface area contributed by atoms with E-state index >= 15 is 0 Å². The summed E-state index contributed by atoms with van der Waals surface area (Å²) in [7, 11) is 1.97. The van der Waals surface area contributed by atoms with Crippen molar-refractivity contribution in [1.82, 2.24) is 4.98 Å². The third-order valence-corrected chi connectivity index (χ3v) is 3.74. The molecule has 17 heavy (non-hydrogen) atoms. The lowest BCUT2D eigenvalue weighted by Crippen LogP contribution is -2.17. The van der Waals surface area contributed by atoms with Crippen molar-refractivity contribution in [2.24, 2.45) is 0 Å². The molecule has 0 aliphatic heterocycles. The van der Waals surface area contributed by atoms with Crippen LogP contribution in [-0.4, -0.2) is 29.7 Å². The van der Waals surface area contributed by atoms with Gasteiger partial charge >= 0.3 is 5.97 Å². The van der Waals surface area contributed by atoms with Crippen molar-refractivity contribution >= 4 is 22.4 Å². The van der Waals surface area contributed by atoms with Gasteiger partial charge in [-0.2, -0.15) is 0 Å². The van der Waals surface area contributed by atoms with E-state index in [0.717, 1.165) is 43.1 Å². The second-order valence-corrected chi connectivity index (χ2v) is 5.08. The molecule has 1 N–H and O–H groups in total. The zero-order valence-corrected chi connectivity index (χ0v) is 11.5. The summed E-state index contributed by atoms with van der Waals surface area (Å²) in [6.07, 6.45) is 3.88. The second-order valence-electron chi connectivity index (χ2n) is 4.10. The summed E-state index contributed by atoms with van der Waals surface area (Å²) in [5, 5.41) is 9.93. The summed E-state index contributed by atoms with van der Waals surface area (Å²) in [5.41, 5.74) is 0.725. The first-order valence-electron chi connectivity index (χ1n) is 6.04. The monoisotopic (exact) mass is 256 g/mol. The number of unbranched alkanes of at least 4 members (excludes halogenated alkanes) is 1. The SMILES string of the molecule is CCCCN(C)c1nc(CCC)c(C(=O)O)s1. The first-order chi connectivity index (χ1) is 8.10. The predicted octanol–water partition coefficient (Wildman–Crippen LogP) is 3.03. The Kier molecular flexibility index (Phi) is 5.41. The minimum absolute atomic E-state index is 0.394. The standard InChI is InChI=1S/C12H20N2O2S/c1-4-6-8-14(3)12-13-9(7-5-2)10(17-12)11(15)16/h4-8H2,1-3H3,(H,15,16). The van der Waals surface area contributed by atoms with Crippen LogP contribution in [0.3, 0.4) is 0 Å². The summed E-state index contributed by atoms with van der Waals surface area (Å²) in [4.78, 5) is 18.0. The maximum absolute atomic E-state index is 11.1. The largest absolute Gasteiger partial charge is 0.477 e. The van der Waals surface area contributed by atoms with Gasteiger partial charge in [-0.25, -0.2) is 9.78 Å². The Morgan fingerprint density at radius 2 is 2.12 bits per heavy atom. The van der Waals surface area contributed by atoms with Gasteiger partial charge < -0.3 is 10.0 Å². The van der Waals surface area contributed by atoms with Crippen LogP contribution in [0.1, 0.15) is 48.5 Å². The Hall–Kier alpha value is -1.10. The lowest BCUT2D eigenvalue weighted by atomic mass is 10.2. The minimum atomic E-state index is -0.860. The van der Waals surface area contributed by atoms with Crippen molar-refractivity contribution in [3.63, 3.8) is 0 Å². The van der Waals surface area contributed by atoms with Gasteiger partial charge in [0.2, 0.25) is 0 Å². The Morgan fingerprint density at radius 3 is 2.65 bits per heavy atom. The number of carbonyl (C=O) groups is 1. The van der Waals surface area contributed by atoms with Crippen LogP contribution in [0.4, 0.5) is 5.13 Å². The van der Waals surface area contributed by atoms with Crippen LogP contribution in [0.15, 0.2) is 0 Å². The summed E-state index contributed by atoms with van der Waals surface area (Å²) in [6, 6.07) is 0. The van der Waals surface area contributed by atoms with Crippen LogP contribution < -0.4 is 4.90 Å². The molecule has 96 valence electrons. The van der Waals surface area contributed by atoms with Gasteiger partial charge in [0.1, 0.15) is 4.88 Å². The van der Waals surface area contributed by atoms with E-state index in [9.17, 15) is 4.79 Å². The number of rotatable bonds is 7. The van der Waals surface area contributed by atoms with Gasteiger partial charge in [0.05, 0.1) is 5.69 Å². The fourth-order valence-electron chi connectivity index (χ4n) is 1.57. The smallest absolute Gasteiger partial charge is 0.347 e. The van der Waals surface area contributed by atoms with Crippen LogP contribution in [0.5, 0.6) is 0 Å². The second kappa shape index (κ2) is 6.59. The van der Waals surface area contributed by atoms with E-state index in [2.05, 4.69) is 11.9 Å². The molecule has 1 heterocycles. The zero-order valence-electron chi connectivity index (χ0n) is 10.7. The molecule has 0 fully saturated rings. The average molecular weight is 256 g/mol. The maximum atomic E-state index is 11.1. The van der Waals surface area contributed by atoms with Gasteiger partial charge in [-0.05, 0) is 12.8 Å². The lowest BCUT2D eigenvalue weighted by molar-refractivity contribution is 0.0700. The number of hydrogen-bond acceptors (Lipinski definition) is 4. The Balaban J connectivity index is 2.86. The Labute approximate surface area is 106 Å². The van der Waals surface area contributed by atoms with E-state index in [-0.39, 0.29) is 0 Å². The number of thiazole rings is 1. The molecule has 0 spiro atoms. The molecule has 1 aromatic heterocycles. The number of nitrogens with zero attached hydrogens (tertiary/aromatic N) is 2. The van der Waals surface area contributed by atoms with E-state index in [1.807, 2.05) is 18.9 Å². The average Bonchev–Trinajstić information content (AvgIpc) is 2.70. The third kappa shape index (κ3) is 3.70. The normalized spacial score (nSPS) is 10.5. The van der Waals surface area contributed by atoms with E-state index in [1.54, 1.807) is 0 Å². The van der Waals surface area contributed by atoms with Gasteiger partial charge in [0.15, 0.2) is 5.13 Å². The summed E-state index contributed by atoms with van der Waals surface area (Å²) in [6.45, 7) is 5.10. The van der Waals surface area contributed by atoms with E-state index in [0.29, 0.717) is 4.88 Å². The highest BCUT2D eigenvalue weighted by molar-refractivity contribution is 7.17. The Morgan fingerprint density at radius 1 is 1.41 bits per heavy atom. The van der Waals surface area contributed by atoms with Gasteiger partial charge in [-0.1, -0.05) is 38.0 Å². The predicted molar refractivity (Wildman–Crippen MR) is 71.2 cm³/mol. The molecule has 0 saturated carbocycles. The van der Waals surface area contributed by atoms with Crippen LogP contribution in [0.25, 0.3) is 0 Å². The van der Waals surface area contributed by atoms with E-state index in [1.165, 1.54) is 11.3 Å². The zero-order chi connectivity index (χ0) is 12.8. The molecular weight excluding hydrogens is 236 g/mol. The van der Waals surface area contributed by atoms with Gasteiger partial charge in [0, 0.05) is 13.6 Å². The van der Waals surface area contributed by atoms with Gasteiger partial charge in [-0.15, -0.1) is 0 Å². The molecule has 0 bridgehead atoms. The minimum Gasteiger partial charge on any atom is -0.477 e. The number of aromatic nitrogens is 1. The molecule has 1 rings (SSSR count). The van der Waals surface area contributed by atoms with Crippen LogP contribution in [0.2, 0.25) is 0 Å². The molecular formula is C12H20N2O2S. The van der Waals surface area contributed by atoms with E-state index in [4.69, 9.17) is 5.11 Å². The van der Waals surface area contributed by atoms with Gasteiger partial charge in [-0.3, -0.25) is 0 Å². The lowest BCUT2D eigenvalue weighted by Gasteiger charge is -2.14. The molecule has 0 amide bonds. The van der Waals surface area contributed by atoms with Crippen LogP contribution in [0, 0.1) is 0 Å². The summed E-state index contributed by atoms with van der Waals surface area (Å²) >= 11 is 1.28. The molecule has 0 atom stereocenters. The quantitative estimate of drug-likeness (QED) is 0.814. The van der Waals surface area contributed by atoms with Crippen molar-refractivity contribution in [3.05, 3.63) is 10.6 Å². The highest BCUT2D eigenvalue weighted by Gasteiger charge is 2.18.